The van der Waals surface area contributed by atoms with Crippen molar-refractivity contribution >= 4 is 11.9 Å². The lowest BCUT2D eigenvalue weighted by atomic mass is 10.1. The second-order valence-electron chi connectivity index (χ2n) is 7.07. The summed E-state index contributed by atoms with van der Waals surface area (Å²) in [5.41, 5.74) is 7.96. The van der Waals surface area contributed by atoms with Crippen molar-refractivity contribution in [1.82, 2.24) is 19.8 Å². The average molecular weight is 369 g/mol. The van der Waals surface area contributed by atoms with Crippen molar-refractivity contribution in [3.63, 3.8) is 0 Å². The van der Waals surface area contributed by atoms with Gasteiger partial charge in [0.15, 0.2) is 0 Å². The van der Waals surface area contributed by atoms with Crippen LogP contribution in [0.3, 0.4) is 0 Å². The maximum Gasteiger partial charge on any atom is 0.253 e. The summed E-state index contributed by atoms with van der Waals surface area (Å²) in [6.45, 7) is 2.92. The van der Waals surface area contributed by atoms with Crippen molar-refractivity contribution in [2.24, 2.45) is 0 Å². The second-order valence-corrected chi connectivity index (χ2v) is 7.07. The zero-order chi connectivity index (χ0) is 19.2. The average Bonchev–Trinajstić information content (AvgIpc) is 3.18. The predicted molar refractivity (Wildman–Crippen MR) is 105 cm³/mol. The van der Waals surface area contributed by atoms with Crippen LogP contribution in [0.5, 0.6) is 0 Å². The molecule has 1 fully saturated rings. The molecule has 27 heavy (non-hydrogen) atoms. The van der Waals surface area contributed by atoms with Crippen molar-refractivity contribution in [3.8, 4) is 11.3 Å². The lowest BCUT2D eigenvalue weighted by molar-refractivity contribution is 0.0512. The Labute approximate surface area is 160 Å². The van der Waals surface area contributed by atoms with E-state index in [1.807, 2.05) is 43.3 Å². The van der Waals surface area contributed by atoms with Crippen LogP contribution in [0.2, 0.25) is 0 Å². The molecule has 0 spiro atoms. The molecule has 7 heteroatoms. The highest BCUT2D eigenvalue weighted by atomic mass is 16.5. The van der Waals surface area contributed by atoms with Gasteiger partial charge in [-0.3, -0.25) is 4.79 Å². The number of carbonyl (C=O) groups is 1. The smallest absolute Gasteiger partial charge is 0.253 e. The topological polar surface area (TPSA) is 84.6 Å². The Balaban J connectivity index is 1.73. The van der Waals surface area contributed by atoms with Crippen molar-refractivity contribution in [3.05, 3.63) is 42.1 Å². The number of hydrogen-bond donors (Lipinski definition) is 1. The molecule has 1 aliphatic heterocycles. The van der Waals surface area contributed by atoms with E-state index in [9.17, 15) is 4.79 Å². The molecule has 0 aliphatic carbocycles. The van der Waals surface area contributed by atoms with Gasteiger partial charge in [-0.25, -0.2) is 9.97 Å². The van der Waals surface area contributed by atoms with Gasteiger partial charge in [0.2, 0.25) is 5.95 Å². The lowest BCUT2D eigenvalue weighted by Gasteiger charge is -2.27. The molecule has 1 aromatic carbocycles. The number of likely N-dealkylation sites (N-methyl/N-ethyl adjacent to an activating group) is 1. The van der Waals surface area contributed by atoms with Crippen LogP contribution in [0, 0.1) is 0 Å². The number of ether oxygens (including phenoxy) is 1. The summed E-state index contributed by atoms with van der Waals surface area (Å²) in [5.74, 6) is 0.264. The van der Waals surface area contributed by atoms with E-state index >= 15 is 0 Å². The largest absolute Gasteiger partial charge is 0.376 e. The van der Waals surface area contributed by atoms with Crippen molar-refractivity contribution in [2.45, 2.75) is 18.9 Å². The van der Waals surface area contributed by atoms with Gasteiger partial charge in [0.05, 0.1) is 11.8 Å². The normalized spacial score (nSPS) is 16.6. The molecule has 144 valence electrons. The summed E-state index contributed by atoms with van der Waals surface area (Å²) in [5, 5.41) is 0. The highest BCUT2D eigenvalue weighted by Gasteiger charge is 2.23. The summed E-state index contributed by atoms with van der Waals surface area (Å²) < 4.78 is 5.73. The Morgan fingerprint density at radius 3 is 2.63 bits per heavy atom. The van der Waals surface area contributed by atoms with E-state index in [1.165, 1.54) is 0 Å². The molecule has 2 aromatic rings. The lowest BCUT2D eigenvalue weighted by Crippen LogP contribution is -2.41. The minimum absolute atomic E-state index is 0.0288. The minimum atomic E-state index is 0.0288. The Morgan fingerprint density at radius 2 is 2.00 bits per heavy atom. The quantitative estimate of drug-likeness (QED) is 0.802. The van der Waals surface area contributed by atoms with Crippen LogP contribution in [0.25, 0.3) is 11.3 Å². The van der Waals surface area contributed by atoms with Gasteiger partial charge in [-0.15, -0.1) is 0 Å². The summed E-state index contributed by atoms with van der Waals surface area (Å²) in [6.07, 6.45) is 3.84. The number of aromatic nitrogens is 2. The first-order valence-corrected chi connectivity index (χ1v) is 9.27. The summed E-state index contributed by atoms with van der Waals surface area (Å²) in [7, 11) is 4.02. The number of nitrogens with two attached hydrogens (primary N) is 1. The summed E-state index contributed by atoms with van der Waals surface area (Å²) >= 11 is 0. The molecular formula is C20H27N5O2. The number of amides is 1. The number of nitrogens with zero attached hydrogens (tertiary/aromatic N) is 4. The van der Waals surface area contributed by atoms with E-state index in [4.69, 9.17) is 10.5 Å². The fourth-order valence-electron chi connectivity index (χ4n) is 3.13. The molecule has 0 radical (unpaired) electrons. The molecule has 3 rings (SSSR count). The van der Waals surface area contributed by atoms with Crippen LogP contribution < -0.4 is 5.73 Å². The number of nitrogen functional groups attached to an aromatic ring is 1. The number of rotatable bonds is 7. The molecule has 0 bridgehead atoms. The molecule has 2 heterocycles. The number of hydrogen-bond acceptors (Lipinski definition) is 6. The molecule has 1 aromatic heterocycles. The third kappa shape index (κ3) is 5.24. The van der Waals surface area contributed by atoms with Crippen LogP contribution >= 0.6 is 0 Å². The Morgan fingerprint density at radius 1 is 1.22 bits per heavy atom. The second kappa shape index (κ2) is 8.92. The first kappa shape index (κ1) is 19.3. The third-order valence-electron chi connectivity index (χ3n) is 4.65. The standard InChI is InChI=1S/C20H27N5O2/c1-24(2)11-12-25(14-17-4-3-13-27-17)19(26)16-7-5-15(6-8-16)18-9-10-22-20(21)23-18/h5-10,17H,3-4,11-14H2,1-2H3,(H2,21,22,23)/t17-/m0/s1. The van der Waals surface area contributed by atoms with Gasteiger partial charge < -0.3 is 20.3 Å². The SMILES string of the molecule is CN(C)CCN(C[C@@H]1CCCO1)C(=O)c1ccc(-c2ccnc(N)n2)cc1. The van der Waals surface area contributed by atoms with Crippen molar-refractivity contribution in [2.75, 3.05) is 46.1 Å². The van der Waals surface area contributed by atoms with Gasteiger partial charge in [0, 0.05) is 43.6 Å². The van der Waals surface area contributed by atoms with Crippen molar-refractivity contribution in [1.29, 1.82) is 0 Å². The van der Waals surface area contributed by atoms with Gasteiger partial charge in [0.1, 0.15) is 0 Å². The Bertz CT molecular complexity index is 757. The highest BCUT2D eigenvalue weighted by molar-refractivity contribution is 5.94. The summed E-state index contributed by atoms with van der Waals surface area (Å²) in [6, 6.07) is 9.27. The van der Waals surface area contributed by atoms with E-state index in [-0.39, 0.29) is 18.0 Å². The molecule has 1 saturated heterocycles. The fraction of sp³-hybridized carbons (Fsp3) is 0.450. The van der Waals surface area contributed by atoms with E-state index in [1.54, 1.807) is 12.3 Å². The highest BCUT2D eigenvalue weighted by Crippen LogP contribution is 2.19. The van der Waals surface area contributed by atoms with Gasteiger partial charge in [-0.05, 0) is 45.1 Å². The third-order valence-corrected chi connectivity index (χ3v) is 4.65. The van der Waals surface area contributed by atoms with Crippen LogP contribution in [-0.4, -0.2) is 72.1 Å². The zero-order valence-corrected chi connectivity index (χ0v) is 16.0. The van der Waals surface area contributed by atoms with Gasteiger partial charge in [-0.1, -0.05) is 12.1 Å². The van der Waals surface area contributed by atoms with Crippen molar-refractivity contribution < 1.29 is 9.53 Å². The zero-order valence-electron chi connectivity index (χ0n) is 16.0. The molecule has 1 aliphatic rings. The van der Waals surface area contributed by atoms with Crippen LogP contribution in [0.4, 0.5) is 5.95 Å². The first-order chi connectivity index (χ1) is 13.0. The Hall–Kier alpha value is -2.51. The molecule has 2 N–H and O–H groups in total. The van der Waals surface area contributed by atoms with Crippen LogP contribution in [0.1, 0.15) is 23.2 Å². The summed E-state index contributed by atoms with van der Waals surface area (Å²) in [4.78, 5) is 25.2. The van der Waals surface area contributed by atoms with E-state index in [0.29, 0.717) is 18.7 Å². The van der Waals surface area contributed by atoms with Gasteiger partial charge >= 0.3 is 0 Å². The molecule has 0 unspecified atom stereocenters. The molecule has 1 amide bonds. The minimum Gasteiger partial charge on any atom is -0.376 e. The molecule has 7 nitrogen and oxygen atoms in total. The van der Waals surface area contributed by atoms with Crippen LogP contribution in [0.15, 0.2) is 36.5 Å². The van der Waals surface area contributed by atoms with Gasteiger partial charge in [0.25, 0.3) is 5.91 Å². The van der Waals surface area contributed by atoms with Crippen LogP contribution in [-0.2, 0) is 4.74 Å². The first-order valence-electron chi connectivity index (χ1n) is 9.27. The van der Waals surface area contributed by atoms with Gasteiger partial charge in [-0.2, -0.15) is 0 Å². The fourth-order valence-corrected chi connectivity index (χ4v) is 3.13. The molecule has 0 saturated carbocycles. The molecular weight excluding hydrogens is 342 g/mol. The molecule has 1 atom stereocenters. The van der Waals surface area contributed by atoms with E-state index < -0.39 is 0 Å². The number of benzene rings is 1. The Kier molecular flexibility index (Phi) is 6.36. The van der Waals surface area contributed by atoms with E-state index in [2.05, 4.69) is 14.9 Å². The maximum absolute atomic E-state index is 13.1. The predicted octanol–water partition coefficient (Wildman–Crippen LogP) is 1.91. The monoisotopic (exact) mass is 369 g/mol. The maximum atomic E-state index is 13.1. The number of anilines is 1. The number of carbonyl (C=O) groups excluding carboxylic acids is 1. The van der Waals surface area contributed by atoms with E-state index in [0.717, 1.165) is 37.3 Å².